The van der Waals surface area contributed by atoms with E-state index in [4.69, 9.17) is 4.98 Å². The maximum absolute atomic E-state index is 13.7. The van der Waals surface area contributed by atoms with E-state index in [0.717, 1.165) is 16.0 Å². The number of thiazole rings is 1. The van der Waals surface area contributed by atoms with Crippen LogP contribution in [-0.4, -0.2) is 20.1 Å². The number of aromatic nitrogens is 3. The van der Waals surface area contributed by atoms with Crippen LogP contribution in [-0.2, 0) is 0 Å². The van der Waals surface area contributed by atoms with E-state index < -0.39 is 12.1 Å². The predicted octanol–water partition coefficient (Wildman–Crippen LogP) is 4.80. The number of aliphatic hydroxyl groups is 1. The van der Waals surface area contributed by atoms with Crippen molar-refractivity contribution in [1.29, 1.82) is 0 Å². The van der Waals surface area contributed by atoms with E-state index >= 15 is 0 Å². The van der Waals surface area contributed by atoms with E-state index in [-0.39, 0.29) is 0 Å². The molecule has 27 heavy (non-hydrogen) atoms. The first-order valence-electron chi connectivity index (χ1n) is 8.39. The Morgan fingerprint density at radius 3 is 2.56 bits per heavy atom. The van der Waals surface area contributed by atoms with Crippen molar-refractivity contribution < 1.29 is 9.50 Å². The molecule has 0 aliphatic carbocycles. The van der Waals surface area contributed by atoms with E-state index in [1.54, 1.807) is 30.6 Å². The van der Waals surface area contributed by atoms with Crippen molar-refractivity contribution in [3.63, 3.8) is 0 Å². The summed E-state index contributed by atoms with van der Waals surface area (Å²) < 4.78 is 13.7. The zero-order valence-electron chi connectivity index (χ0n) is 14.5. The molecule has 1 N–H and O–H groups in total. The molecule has 0 spiro atoms. The van der Waals surface area contributed by atoms with Gasteiger partial charge in [0.2, 0.25) is 5.95 Å². The van der Waals surface area contributed by atoms with Crippen LogP contribution >= 0.6 is 11.3 Å². The van der Waals surface area contributed by atoms with Crippen molar-refractivity contribution in [2.45, 2.75) is 13.0 Å². The first kappa shape index (κ1) is 17.5. The summed E-state index contributed by atoms with van der Waals surface area (Å²) in [7, 11) is 0. The predicted molar refractivity (Wildman–Crippen MR) is 104 cm³/mol. The fourth-order valence-corrected chi connectivity index (χ4v) is 3.88. The highest BCUT2D eigenvalue weighted by Gasteiger charge is 2.21. The Kier molecular flexibility index (Phi) is 4.75. The highest BCUT2D eigenvalue weighted by Crippen LogP contribution is 2.40. The lowest BCUT2D eigenvalue weighted by atomic mass is 10.1. The average Bonchev–Trinajstić information content (AvgIpc) is 3.14. The fraction of sp³-hybridized carbons (Fsp3) is 0.0952. The second kappa shape index (κ2) is 7.34. The Labute approximate surface area is 160 Å². The van der Waals surface area contributed by atoms with E-state index in [1.807, 2.05) is 31.2 Å². The Morgan fingerprint density at radius 1 is 1.04 bits per heavy atom. The zero-order chi connectivity index (χ0) is 18.8. The molecule has 4 nitrogen and oxygen atoms in total. The van der Waals surface area contributed by atoms with Gasteiger partial charge in [0.15, 0.2) is 0 Å². The first-order valence-corrected chi connectivity index (χ1v) is 9.21. The van der Waals surface area contributed by atoms with Gasteiger partial charge in [0.1, 0.15) is 11.1 Å². The van der Waals surface area contributed by atoms with Gasteiger partial charge in [-0.3, -0.25) is 4.98 Å². The molecule has 0 saturated heterocycles. The minimum absolute atomic E-state index is 0.533. The molecule has 0 saturated carbocycles. The number of hydrogen-bond acceptors (Lipinski definition) is 5. The Hall–Kier alpha value is -2.96. The summed E-state index contributed by atoms with van der Waals surface area (Å²) in [5.74, 6) is -0.551. The number of aliphatic hydroxyl groups excluding tert-OH is 1. The Bertz CT molecular complexity index is 1060. The second-order valence-electron chi connectivity index (χ2n) is 6.15. The van der Waals surface area contributed by atoms with Gasteiger partial charge in [0.05, 0.1) is 10.6 Å². The van der Waals surface area contributed by atoms with Crippen LogP contribution in [0, 0.1) is 12.9 Å². The number of pyridine rings is 2. The van der Waals surface area contributed by atoms with Gasteiger partial charge in [-0.25, -0.2) is 9.97 Å². The van der Waals surface area contributed by atoms with Crippen molar-refractivity contribution in [2.75, 3.05) is 0 Å². The SMILES string of the molecule is Cc1ccc(-c2nc(C(O)c3cccnc3)sc2-c2ccnc(F)c2)cc1. The first-order chi connectivity index (χ1) is 13.1. The number of aryl methyl sites for hydroxylation is 1. The molecule has 4 rings (SSSR count). The van der Waals surface area contributed by atoms with Crippen LogP contribution in [0.15, 0.2) is 67.1 Å². The van der Waals surface area contributed by atoms with Gasteiger partial charge < -0.3 is 5.11 Å². The van der Waals surface area contributed by atoms with Crippen LogP contribution < -0.4 is 0 Å². The molecule has 1 unspecified atom stereocenters. The van der Waals surface area contributed by atoms with Crippen molar-refractivity contribution in [3.05, 3.63) is 89.2 Å². The van der Waals surface area contributed by atoms with Crippen molar-refractivity contribution in [3.8, 4) is 21.7 Å². The van der Waals surface area contributed by atoms with Gasteiger partial charge in [-0.2, -0.15) is 4.39 Å². The molecule has 1 aromatic carbocycles. The molecule has 3 aromatic heterocycles. The molecule has 0 fully saturated rings. The summed E-state index contributed by atoms with van der Waals surface area (Å²) in [5, 5.41) is 11.3. The molecule has 0 aliphatic heterocycles. The summed E-state index contributed by atoms with van der Waals surface area (Å²) in [5.41, 5.74) is 4.10. The van der Waals surface area contributed by atoms with Crippen molar-refractivity contribution in [2.24, 2.45) is 0 Å². The zero-order valence-corrected chi connectivity index (χ0v) is 15.3. The van der Waals surface area contributed by atoms with Crippen molar-refractivity contribution >= 4 is 11.3 Å². The summed E-state index contributed by atoms with van der Waals surface area (Å²) in [6.45, 7) is 2.02. The Balaban J connectivity index is 1.85. The maximum Gasteiger partial charge on any atom is 0.213 e. The minimum atomic E-state index is -0.895. The quantitative estimate of drug-likeness (QED) is 0.519. The summed E-state index contributed by atoms with van der Waals surface area (Å²) in [6.07, 6.45) is 3.80. The lowest BCUT2D eigenvalue weighted by Gasteiger charge is -2.06. The molecule has 0 aliphatic rings. The van der Waals surface area contributed by atoms with Crippen molar-refractivity contribution in [1.82, 2.24) is 15.0 Å². The molecule has 1 atom stereocenters. The second-order valence-corrected chi connectivity index (χ2v) is 7.18. The summed E-state index contributed by atoms with van der Waals surface area (Å²) >= 11 is 1.34. The average molecular weight is 377 g/mol. The van der Waals surface area contributed by atoms with Gasteiger partial charge in [-0.1, -0.05) is 35.9 Å². The number of nitrogens with zero attached hydrogens (tertiary/aromatic N) is 3. The van der Waals surface area contributed by atoms with E-state index in [9.17, 15) is 9.50 Å². The highest BCUT2D eigenvalue weighted by atomic mass is 32.1. The van der Waals surface area contributed by atoms with Crippen LogP contribution in [0.4, 0.5) is 4.39 Å². The van der Waals surface area contributed by atoms with Crippen LogP contribution in [0.5, 0.6) is 0 Å². The summed E-state index contributed by atoms with van der Waals surface area (Å²) in [6, 6.07) is 14.7. The topological polar surface area (TPSA) is 58.9 Å². The van der Waals surface area contributed by atoms with E-state index in [0.29, 0.717) is 21.8 Å². The van der Waals surface area contributed by atoms with Crippen LogP contribution in [0.25, 0.3) is 21.7 Å². The summed E-state index contributed by atoms with van der Waals surface area (Å²) in [4.78, 5) is 13.2. The molecule has 6 heteroatoms. The molecule has 0 bridgehead atoms. The molecule has 0 radical (unpaired) electrons. The molecule has 3 heterocycles. The third-order valence-electron chi connectivity index (χ3n) is 4.19. The number of rotatable bonds is 4. The molecule has 0 amide bonds. The number of halogens is 1. The molecule has 4 aromatic rings. The van der Waals surface area contributed by atoms with Crippen LogP contribution in [0.2, 0.25) is 0 Å². The third-order valence-corrected chi connectivity index (χ3v) is 5.35. The van der Waals surface area contributed by atoms with Gasteiger partial charge in [0, 0.05) is 35.8 Å². The number of hydrogen-bond donors (Lipinski definition) is 1. The lowest BCUT2D eigenvalue weighted by Crippen LogP contribution is -1.99. The van der Waals surface area contributed by atoms with E-state index in [1.165, 1.54) is 23.6 Å². The fourth-order valence-electron chi connectivity index (χ4n) is 2.78. The van der Waals surface area contributed by atoms with Crippen LogP contribution in [0.3, 0.4) is 0 Å². The Morgan fingerprint density at radius 2 is 1.85 bits per heavy atom. The standard InChI is InChI=1S/C21H16FN3OS/c1-13-4-6-14(7-5-13)18-20(15-8-10-24-17(22)11-15)27-21(25-18)19(26)16-3-2-9-23-12-16/h2-12,19,26H,1H3. The van der Waals surface area contributed by atoms with Crippen LogP contribution in [0.1, 0.15) is 22.2 Å². The smallest absolute Gasteiger partial charge is 0.213 e. The lowest BCUT2D eigenvalue weighted by molar-refractivity contribution is 0.219. The van der Waals surface area contributed by atoms with Gasteiger partial charge >= 0.3 is 0 Å². The van der Waals surface area contributed by atoms with Gasteiger partial charge in [0.25, 0.3) is 0 Å². The molecular formula is C21H16FN3OS. The maximum atomic E-state index is 13.7. The molecule has 134 valence electrons. The van der Waals surface area contributed by atoms with Gasteiger partial charge in [-0.05, 0) is 24.6 Å². The van der Waals surface area contributed by atoms with Gasteiger partial charge in [-0.15, -0.1) is 11.3 Å². The largest absolute Gasteiger partial charge is 0.381 e. The normalized spacial score (nSPS) is 12.1. The number of benzene rings is 1. The third kappa shape index (κ3) is 3.63. The van der Waals surface area contributed by atoms with E-state index in [2.05, 4.69) is 9.97 Å². The highest BCUT2D eigenvalue weighted by molar-refractivity contribution is 7.15. The minimum Gasteiger partial charge on any atom is -0.381 e. The molecular weight excluding hydrogens is 361 g/mol. The monoisotopic (exact) mass is 377 g/mol.